The van der Waals surface area contributed by atoms with Crippen molar-refractivity contribution in [3.63, 3.8) is 0 Å². The van der Waals surface area contributed by atoms with Crippen molar-refractivity contribution >= 4 is 7.82 Å². The molecule has 0 bridgehead atoms. The number of halogens is 4. The molecule has 0 N–H and O–H groups in total. The predicted octanol–water partition coefficient (Wildman–Crippen LogP) is 2.31. The molecule has 0 aromatic heterocycles. The van der Waals surface area contributed by atoms with E-state index in [1.165, 1.54) is 0 Å². The molecule has 80 valence electrons. The van der Waals surface area contributed by atoms with Crippen LogP contribution < -0.4 is 0 Å². The molecule has 1 rings (SSSR count). The first-order chi connectivity index (χ1) is 5.77. The summed E-state index contributed by atoms with van der Waals surface area (Å²) in [6, 6.07) is 0. The second kappa shape index (κ2) is 2.99. The third-order valence-electron chi connectivity index (χ3n) is 1.22. The van der Waals surface area contributed by atoms with Gasteiger partial charge in [-0.1, -0.05) is 0 Å². The number of hydrogen-bond donors (Lipinski definition) is 0. The molecule has 13 heavy (non-hydrogen) atoms. The summed E-state index contributed by atoms with van der Waals surface area (Å²) in [5, 5.41) is 0. The van der Waals surface area contributed by atoms with Crippen LogP contribution in [0.4, 0.5) is 17.4 Å². The summed E-state index contributed by atoms with van der Waals surface area (Å²) >= 11 is 0. The van der Waals surface area contributed by atoms with E-state index in [4.69, 9.17) is 0 Å². The van der Waals surface area contributed by atoms with Gasteiger partial charge in [-0.05, 0) is 0 Å². The number of hydrogen-bond acceptors (Lipinski definition) is 4. The molecular weight excluding hydrogens is 219 g/mol. The Kier molecular flexibility index (Phi) is 2.55. The van der Waals surface area contributed by atoms with Gasteiger partial charge < -0.3 is 0 Å². The van der Waals surface area contributed by atoms with E-state index in [1.807, 2.05) is 0 Å². The van der Waals surface area contributed by atoms with Crippen LogP contribution in [0.15, 0.2) is 0 Å². The summed E-state index contributed by atoms with van der Waals surface area (Å²) in [5.74, 6) is 0. The van der Waals surface area contributed by atoms with E-state index in [9.17, 15) is 17.4 Å². The van der Waals surface area contributed by atoms with Crippen LogP contribution in [-0.4, -0.2) is 26.7 Å². The molecule has 0 spiro atoms. The third-order valence-corrected chi connectivity index (χ3v) is 3.50. The third kappa shape index (κ3) is 2.47. The van der Waals surface area contributed by atoms with Crippen LogP contribution in [0.2, 0.25) is 0 Å². The average molecular weight is 226 g/mol. The first-order valence-electron chi connectivity index (χ1n) is 3.16. The Labute approximate surface area is 71.1 Å². The van der Waals surface area contributed by atoms with E-state index in [0.717, 1.165) is 0 Å². The van der Waals surface area contributed by atoms with E-state index in [2.05, 4.69) is 18.1 Å². The zero-order valence-corrected chi connectivity index (χ0v) is 7.40. The molecular formula is C4H7F4O4P. The molecule has 0 unspecified atom stereocenters. The summed E-state index contributed by atoms with van der Waals surface area (Å²) in [5.41, 5.74) is 0. The van der Waals surface area contributed by atoms with Gasteiger partial charge in [-0.25, -0.2) is 0 Å². The second-order valence-electron chi connectivity index (χ2n) is 2.11. The van der Waals surface area contributed by atoms with Gasteiger partial charge in [-0.15, -0.1) is 0 Å². The van der Waals surface area contributed by atoms with Crippen molar-refractivity contribution in [3.05, 3.63) is 0 Å². The summed E-state index contributed by atoms with van der Waals surface area (Å²) in [6.45, 7) is -0.670. The quantitative estimate of drug-likeness (QED) is 0.534. The van der Waals surface area contributed by atoms with Crippen LogP contribution >= 0.6 is 7.82 Å². The minimum absolute atomic E-state index is 0.335. The molecule has 0 aromatic carbocycles. The average Bonchev–Trinajstić information content (AvgIpc) is 2.31. The van der Waals surface area contributed by atoms with Gasteiger partial charge in [0.1, 0.15) is 0 Å². The Morgan fingerprint density at radius 2 is 1.69 bits per heavy atom. The first kappa shape index (κ1) is 11.1. The Morgan fingerprint density at radius 3 is 2.00 bits per heavy atom. The Balaban J connectivity index is 2.80. The van der Waals surface area contributed by atoms with Crippen LogP contribution in [0.25, 0.3) is 0 Å². The topological polar surface area (TPSA) is 36.9 Å². The first-order valence-corrected chi connectivity index (χ1v) is 4.95. The summed E-state index contributed by atoms with van der Waals surface area (Å²) < 4.78 is 63.9. The fourth-order valence-electron chi connectivity index (χ4n) is 0.766. The van der Waals surface area contributed by atoms with E-state index in [0.29, 0.717) is 7.11 Å². The van der Waals surface area contributed by atoms with Gasteiger partial charge in [0.25, 0.3) is 0 Å². The molecule has 1 heterocycles. The molecule has 1 aliphatic rings. The van der Waals surface area contributed by atoms with Crippen molar-refractivity contribution < 1.29 is 35.5 Å². The van der Waals surface area contributed by atoms with Crippen LogP contribution in [0.1, 0.15) is 0 Å². The van der Waals surface area contributed by atoms with Gasteiger partial charge in [-0.3, -0.25) is 0 Å². The van der Waals surface area contributed by atoms with Crippen molar-refractivity contribution in [2.75, 3.05) is 20.3 Å². The number of rotatable bonds is 2. The molecule has 0 aromatic rings. The van der Waals surface area contributed by atoms with Crippen LogP contribution in [-0.2, 0) is 18.1 Å². The Hall–Kier alpha value is -0.0100. The maximum atomic E-state index is 13.4. The van der Waals surface area contributed by atoms with Crippen molar-refractivity contribution in [2.24, 2.45) is 0 Å². The molecule has 1 aliphatic heterocycles. The van der Waals surface area contributed by atoms with E-state index in [1.54, 1.807) is 0 Å². The fraction of sp³-hybridized carbons (Fsp3) is 1.00. The van der Waals surface area contributed by atoms with Crippen molar-refractivity contribution in [1.29, 1.82) is 0 Å². The molecule has 4 nitrogen and oxygen atoms in total. The van der Waals surface area contributed by atoms with Gasteiger partial charge in [0.2, 0.25) is 0 Å². The molecule has 0 radical (unpaired) electrons. The SMILES string of the molecule is COP1(F)(OC(F)(F)F)OCCO1. The minimum atomic E-state index is -5.84. The molecule has 1 saturated heterocycles. The number of alkyl halides is 3. The van der Waals surface area contributed by atoms with Crippen molar-refractivity contribution in [1.82, 2.24) is 0 Å². The summed E-state index contributed by atoms with van der Waals surface area (Å²) in [6.07, 6.45) is -5.20. The van der Waals surface area contributed by atoms with Crippen LogP contribution in [0.3, 0.4) is 0 Å². The van der Waals surface area contributed by atoms with Gasteiger partial charge in [0.05, 0.1) is 0 Å². The molecule has 1 fully saturated rings. The standard InChI is InChI=1S/C4H7F4O4P/c1-9-13(8,10-2-3-11-13)12-4(5,6)7/h2-3H2,1H3. The van der Waals surface area contributed by atoms with E-state index in [-0.39, 0.29) is 13.2 Å². The summed E-state index contributed by atoms with van der Waals surface area (Å²) in [4.78, 5) is 0. The van der Waals surface area contributed by atoms with Gasteiger partial charge in [-0.2, -0.15) is 0 Å². The molecule has 0 saturated carbocycles. The molecule has 0 atom stereocenters. The monoisotopic (exact) mass is 226 g/mol. The fourth-order valence-corrected chi connectivity index (χ4v) is 2.30. The van der Waals surface area contributed by atoms with Crippen molar-refractivity contribution in [2.45, 2.75) is 6.36 Å². The van der Waals surface area contributed by atoms with Crippen LogP contribution in [0, 0.1) is 0 Å². The summed E-state index contributed by atoms with van der Waals surface area (Å²) in [7, 11) is -5.15. The van der Waals surface area contributed by atoms with Gasteiger partial charge in [0.15, 0.2) is 0 Å². The molecule has 0 aliphatic carbocycles. The van der Waals surface area contributed by atoms with E-state index >= 15 is 0 Å². The van der Waals surface area contributed by atoms with Gasteiger partial charge in [0, 0.05) is 0 Å². The predicted molar refractivity (Wildman–Crippen MR) is 34.1 cm³/mol. The van der Waals surface area contributed by atoms with Crippen molar-refractivity contribution in [3.8, 4) is 0 Å². The Bertz CT molecular complexity index is 201. The zero-order chi connectivity index (χ0) is 10.2. The Morgan fingerprint density at radius 1 is 1.23 bits per heavy atom. The molecule has 0 amide bonds. The normalized spacial score (nSPS) is 29.5. The molecule has 9 heteroatoms. The zero-order valence-electron chi connectivity index (χ0n) is 6.51. The van der Waals surface area contributed by atoms with Gasteiger partial charge >= 0.3 is 70.0 Å². The van der Waals surface area contributed by atoms with Crippen LogP contribution in [0.5, 0.6) is 0 Å². The maximum absolute atomic E-state index is 13.4. The second-order valence-corrected chi connectivity index (χ2v) is 4.62. The van der Waals surface area contributed by atoms with E-state index < -0.39 is 14.2 Å².